The second kappa shape index (κ2) is 4.94. The Morgan fingerprint density at radius 1 is 1.21 bits per heavy atom. The van der Waals surface area contributed by atoms with Crippen molar-refractivity contribution in [2.24, 2.45) is 0 Å². The van der Waals surface area contributed by atoms with Crippen LogP contribution in [0.25, 0.3) is 0 Å². The van der Waals surface area contributed by atoms with Crippen molar-refractivity contribution in [1.29, 1.82) is 0 Å². The average molecular weight is 195 g/mol. The molecule has 0 unspecified atom stereocenters. The lowest BCUT2D eigenvalue weighted by atomic mass is 9.89. The van der Waals surface area contributed by atoms with E-state index in [9.17, 15) is 9.59 Å². The third-order valence-corrected chi connectivity index (χ3v) is 2.50. The molecule has 14 heavy (non-hydrogen) atoms. The summed E-state index contributed by atoms with van der Waals surface area (Å²) < 4.78 is 0. The van der Waals surface area contributed by atoms with Gasteiger partial charge in [0.05, 0.1) is 0 Å². The van der Waals surface area contributed by atoms with Gasteiger partial charge >= 0.3 is 0 Å². The van der Waals surface area contributed by atoms with Gasteiger partial charge in [0.1, 0.15) is 0 Å². The van der Waals surface area contributed by atoms with E-state index in [1.807, 2.05) is 6.92 Å². The lowest BCUT2D eigenvalue weighted by Crippen LogP contribution is -2.27. The standard InChI is InChI=1S/C11H17NO2/c1-3-12-11(14)10-7-5-4-6-9(10)8(2)13/h3-7H2,1-2H3,(H,12,14). The van der Waals surface area contributed by atoms with Gasteiger partial charge in [-0.15, -0.1) is 0 Å². The van der Waals surface area contributed by atoms with Gasteiger partial charge in [-0.2, -0.15) is 0 Å². The first-order valence-corrected chi connectivity index (χ1v) is 5.18. The van der Waals surface area contributed by atoms with E-state index >= 15 is 0 Å². The number of likely N-dealkylation sites (N-methyl/N-ethyl adjacent to an activating group) is 1. The van der Waals surface area contributed by atoms with E-state index in [4.69, 9.17) is 0 Å². The fourth-order valence-corrected chi connectivity index (χ4v) is 1.81. The quantitative estimate of drug-likeness (QED) is 0.743. The summed E-state index contributed by atoms with van der Waals surface area (Å²) in [6, 6.07) is 0. The van der Waals surface area contributed by atoms with Crippen LogP contribution >= 0.6 is 0 Å². The van der Waals surface area contributed by atoms with Crippen LogP contribution in [0.15, 0.2) is 11.1 Å². The van der Waals surface area contributed by atoms with Crippen molar-refractivity contribution in [1.82, 2.24) is 5.32 Å². The van der Waals surface area contributed by atoms with Crippen molar-refractivity contribution < 1.29 is 9.59 Å². The SMILES string of the molecule is CCNC(=O)C1=C(C(C)=O)CCCC1. The summed E-state index contributed by atoms with van der Waals surface area (Å²) in [7, 11) is 0. The molecule has 1 rings (SSSR count). The first-order valence-electron chi connectivity index (χ1n) is 5.18. The van der Waals surface area contributed by atoms with Gasteiger partial charge in [-0.25, -0.2) is 0 Å². The van der Waals surface area contributed by atoms with Crippen LogP contribution in [0.2, 0.25) is 0 Å². The molecule has 1 aliphatic carbocycles. The zero-order valence-electron chi connectivity index (χ0n) is 8.85. The number of nitrogens with one attached hydrogen (secondary N) is 1. The molecule has 0 aromatic heterocycles. The third kappa shape index (κ3) is 2.44. The van der Waals surface area contributed by atoms with Crippen LogP contribution in [0.5, 0.6) is 0 Å². The van der Waals surface area contributed by atoms with E-state index < -0.39 is 0 Å². The van der Waals surface area contributed by atoms with Crippen LogP contribution in [0.1, 0.15) is 39.5 Å². The second-order valence-corrected chi connectivity index (χ2v) is 3.58. The number of carbonyl (C=O) groups is 2. The molecule has 0 saturated carbocycles. The number of Topliss-reactive ketones (excluding diaryl/α,β-unsaturated/α-hetero) is 1. The molecule has 3 nitrogen and oxygen atoms in total. The molecule has 0 aromatic rings. The maximum atomic E-state index is 11.6. The molecule has 0 spiro atoms. The lowest BCUT2D eigenvalue weighted by molar-refractivity contribution is -0.119. The molecule has 0 saturated heterocycles. The van der Waals surface area contributed by atoms with Gasteiger partial charge in [-0.3, -0.25) is 9.59 Å². The van der Waals surface area contributed by atoms with Crippen molar-refractivity contribution in [3.8, 4) is 0 Å². The molecule has 0 heterocycles. The molecule has 0 aromatic carbocycles. The number of hydrogen-bond acceptors (Lipinski definition) is 2. The summed E-state index contributed by atoms with van der Waals surface area (Å²) in [5, 5.41) is 2.75. The predicted octanol–water partition coefficient (Wildman–Crippen LogP) is 1.58. The summed E-state index contributed by atoms with van der Waals surface area (Å²) in [6.45, 7) is 4.04. The van der Waals surface area contributed by atoms with Crippen LogP contribution in [0.4, 0.5) is 0 Å². The molecule has 1 aliphatic rings. The summed E-state index contributed by atoms with van der Waals surface area (Å²) in [6.07, 6.45) is 3.56. The van der Waals surface area contributed by atoms with Crippen LogP contribution in [0, 0.1) is 0 Å². The molecule has 3 heteroatoms. The Bertz CT molecular complexity index is 279. The van der Waals surface area contributed by atoms with Crippen molar-refractivity contribution in [3.63, 3.8) is 0 Å². The molecule has 0 aliphatic heterocycles. The Morgan fingerprint density at radius 2 is 1.79 bits per heavy atom. The van der Waals surface area contributed by atoms with Crippen molar-refractivity contribution in [2.75, 3.05) is 6.54 Å². The Hall–Kier alpha value is -1.12. The maximum Gasteiger partial charge on any atom is 0.247 e. The van der Waals surface area contributed by atoms with Gasteiger partial charge in [0.25, 0.3) is 0 Å². The number of hydrogen-bond donors (Lipinski definition) is 1. The molecule has 0 atom stereocenters. The Labute approximate surface area is 84.6 Å². The van der Waals surface area contributed by atoms with Gasteiger partial charge in [0.2, 0.25) is 5.91 Å². The minimum absolute atomic E-state index is 0.0472. The third-order valence-electron chi connectivity index (χ3n) is 2.50. The summed E-state index contributed by atoms with van der Waals surface area (Å²) in [5.41, 5.74) is 1.45. The molecule has 1 N–H and O–H groups in total. The van der Waals surface area contributed by atoms with Crippen LogP contribution in [-0.2, 0) is 9.59 Å². The monoisotopic (exact) mass is 195 g/mol. The number of amides is 1. The van der Waals surface area contributed by atoms with Gasteiger partial charge in [0, 0.05) is 17.7 Å². The number of allylic oxidation sites excluding steroid dienone is 1. The smallest absolute Gasteiger partial charge is 0.247 e. The predicted molar refractivity (Wildman–Crippen MR) is 54.9 cm³/mol. The highest BCUT2D eigenvalue weighted by Crippen LogP contribution is 2.25. The largest absolute Gasteiger partial charge is 0.353 e. The number of rotatable bonds is 3. The van der Waals surface area contributed by atoms with Crippen molar-refractivity contribution in [3.05, 3.63) is 11.1 Å². The van der Waals surface area contributed by atoms with Gasteiger partial charge in [0.15, 0.2) is 5.78 Å². The summed E-state index contributed by atoms with van der Waals surface area (Å²) in [4.78, 5) is 22.9. The zero-order chi connectivity index (χ0) is 10.6. The zero-order valence-corrected chi connectivity index (χ0v) is 8.85. The molecule has 78 valence electrons. The molecule has 0 fully saturated rings. The molecular formula is C11H17NO2. The lowest BCUT2D eigenvalue weighted by Gasteiger charge is -2.17. The van der Waals surface area contributed by atoms with E-state index in [1.54, 1.807) is 6.92 Å². The first kappa shape index (κ1) is 11.0. The first-order chi connectivity index (χ1) is 6.66. The van der Waals surface area contributed by atoms with E-state index in [0.717, 1.165) is 31.3 Å². The van der Waals surface area contributed by atoms with Gasteiger partial charge in [-0.1, -0.05) is 0 Å². The highest BCUT2D eigenvalue weighted by atomic mass is 16.2. The molecular weight excluding hydrogens is 178 g/mol. The van der Waals surface area contributed by atoms with E-state index in [2.05, 4.69) is 5.32 Å². The highest BCUT2D eigenvalue weighted by Gasteiger charge is 2.20. The highest BCUT2D eigenvalue weighted by molar-refractivity contribution is 6.04. The van der Waals surface area contributed by atoms with E-state index in [1.165, 1.54) is 0 Å². The van der Waals surface area contributed by atoms with Crippen LogP contribution < -0.4 is 5.32 Å². The van der Waals surface area contributed by atoms with Crippen molar-refractivity contribution >= 4 is 11.7 Å². The van der Waals surface area contributed by atoms with Gasteiger partial charge in [-0.05, 0) is 39.5 Å². The van der Waals surface area contributed by atoms with E-state index in [0.29, 0.717) is 12.1 Å². The van der Waals surface area contributed by atoms with Crippen LogP contribution in [-0.4, -0.2) is 18.2 Å². The van der Waals surface area contributed by atoms with Gasteiger partial charge < -0.3 is 5.32 Å². The maximum absolute atomic E-state index is 11.6. The number of ketones is 1. The minimum Gasteiger partial charge on any atom is -0.353 e. The molecule has 0 radical (unpaired) electrons. The molecule has 1 amide bonds. The average Bonchev–Trinajstić information content (AvgIpc) is 2.18. The fourth-order valence-electron chi connectivity index (χ4n) is 1.81. The van der Waals surface area contributed by atoms with Crippen molar-refractivity contribution in [2.45, 2.75) is 39.5 Å². The van der Waals surface area contributed by atoms with E-state index in [-0.39, 0.29) is 11.7 Å². The Kier molecular flexibility index (Phi) is 3.86. The topological polar surface area (TPSA) is 46.2 Å². The summed E-state index contributed by atoms with van der Waals surface area (Å²) in [5.74, 6) is -0.0108. The molecule has 0 bridgehead atoms. The number of carbonyl (C=O) groups excluding carboxylic acids is 2. The second-order valence-electron chi connectivity index (χ2n) is 3.58. The summed E-state index contributed by atoms with van der Waals surface area (Å²) >= 11 is 0. The fraction of sp³-hybridized carbons (Fsp3) is 0.636. The Morgan fingerprint density at radius 3 is 2.29 bits per heavy atom. The minimum atomic E-state index is -0.0580. The van der Waals surface area contributed by atoms with Crippen LogP contribution in [0.3, 0.4) is 0 Å². The normalized spacial score (nSPS) is 16.7. The Balaban J connectivity index is 2.88.